The molecule has 2 rings (SSSR count). The summed E-state index contributed by atoms with van der Waals surface area (Å²) in [7, 11) is 0. The van der Waals surface area contributed by atoms with Gasteiger partial charge in [0.2, 0.25) is 0 Å². The molecule has 0 spiro atoms. The van der Waals surface area contributed by atoms with Crippen molar-refractivity contribution >= 4 is 35.3 Å². The number of ether oxygens (including phenoxy) is 2. The van der Waals surface area contributed by atoms with Gasteiger partial charge in [-0.2, -0.15) is 10.1 Å². The first-order valence-corrected chi connectivity index (χ1v) is 9.29. The zero-order valence-electron chi connectivity index (χ0n) is 16.6. The monoisotopic (exact) mass is 437 g/mol. The van der Waals surface area contributed by atoms with Crippen LogP contribution in [-0.2, 0) is 28.7 Å². The van der Waals surface area contributed by atoms with Gasteiger partial charge in [-0.3, -0.25) is 24.9 Å². The van der Waals surface area contributed by atoms with E-state index in [1.54, 1.807) is 0 Å². The van der Waals surface area contributed by atoms with Gasteiger partial charge >= 0.3 is 17.6 Å². The number of hydrazone groups is 1. The van der Waals surface area contributed by atoms with Gasteiger partial charge in [-0.25, -0.2) is 18.8 Å². The topological polar surface area (TPSA) is 160 Å². The van der Waals surface area contributed by atoms with Crippen LogP contribution in [0.4, 0.5) is 10.2 Å². The van der Waals surface area contributed by atoms with E-state index in [0.29, 0.717) is 25.5 Å². The Morgan fingerprint density at radius 1 is 1.13 bits per heavy atom. The van der Waals surface area contributed by atoms with Crippen molar-refractivity contribution in [3.63, 3.8) is 0 Å². The minimum absolute atomic E-state index is 0.0472. The molecular formula is C18H20FN5O7. The molecule has 0 unspecified atom stereocenters. The van der Waals surface area contributed by atoms with Gasteiger partial charge in [-0.1, -0.05) is 0 Å². The number of hydrogen-bond donors (Lipinski definition) is 2. The Bertz CT molecular complexity index is 954. The van der Waals surface area contributed by atoms with Crippen LogP contribution in [0.15, 0.2) is 28.2 Å². The molecule has 12 nitrogen and oxygen atoms in total. The summed E-state index contributed by atoms with van der Waals surface area (Å²) in [5.41, 5.74) is 0.417. The summed E-state index contributed by atoms with van der Waals surface area (Å²) in [4.78, 5) is 64.4. The van der Waals surface area contributed by atoms with Crippen molar-refractivity contribution in [2.45, 2.75) is 26.2 Å². The van der Waals surface area contributed by atoms with Gasteiger partial charge in [0.1, 0.15) is 0 Å². The molecule has 1 aromatic heterocycles. The van der Waals surface area contributed by atoms with Crippen molar-refractivity contribution in [3.05, 3.63) is 34.7 Å². The fraction of sp³-hybridized carbons (Fsp3) is 0.389. The molecular weight excluding hydrogens is 417 g/mol. The van der Waals surface area contributed by atoms with Crippen LogP contribution in [0.3, 0.4) is 0 Å². The van der Waals surface area contributed by atoms with Crippen LogP contribution in [-0.4, -0.2) is 64.1 Å². The first-order chi connectivity index (χ1) is 14.8. The van der Waals surface area contributed by atoms with Crippen molar-refractivity contribution in [1.82, 2.24) is 14.9 Å². The molecule has 31 heavy (non-hydrogen) atoms. The summed E-state index contributed by atoms with van der Waals surface area (Å²) >= 11 is 0. The van der Waals surface area contributed by atoms with Crippen LogP contribution in [0, 0.1) is 5.82 Å². The Kier molecular flexibility index (Phi) is 8.54. The number of imide groups is 1. The van der Waals surface area contributed by atoms with Gasteiger partial charge in [-0.15, -0.1) is 0 Å². The van der Waals surface area contributed by atoms with E-state index in [4.69, 9.17) is 9.47 Å². The summed E-state index contributed by atoms with van der Waals surface area (Å²) in [6.45, 7) is 1.64. The second-order valence-corrected chi connectivity index (χ2v) is 6.06. The molecule has 0 aromatic carbocycles. The number of rotatable bonds is 11. The van der Waals surface area contributed by atoms with E-state index in [0.717, 1.165) is 4.90 Å². The largest absolute Gasteiger partial charge is 0.461 e. The zero-order chi connectivity index (χ0) is 22.8. The lowest BCUT2D eigenvalue weighted by molar-refractivity contribution is -0.141. The maximum Gasteiger partial charge on any atom is 0.366 e. The smallest absolute Gasteiger partial charge is 0.366 e. The number of nitrogens with one attached hydrogen (secondary N) is 2. The number of aromatic amines is 1. The minimum Gasteiger partial charge on any atom is -0.461 e. The van der Waals surface area contributed by atoms with Crippen LogP contribution in [0.2, 0.25) is 0 Å². The first kappa shape index (κ1) is 23.4. The summed E-state index contributed by atoms with van der Waals surface area (Å²) < 4.78 is 23.3. The lowest BCUT2D eigenvalue weighted by Gasteiger charge is -2.13. The Balaban J connectivity index is 1.86. The number of halogens is 1. The number of amides is 2. The molecule has 1 aromatic rings. The highest BCUT2D eigenvalue weighted by Crippen LogP contribution is 2.08. The van der Waals surface area contributed by atoms with Gasteiger partial charge < -0.3 is 9.47 Å². The van der Waals surface area contributed by atoms with Crippen LogP contribution in [0.25, 0.3) is 0 Å². The van der Waals surface area contributed by atoms with E-state index >= 15 is 0 Å². The number of anilines is 1. The van der Waals surface area contributed by atoms with Crippen molar-refractivity contribution in [3.8, 4) is 0 Å². The number of aromatic nitrogens is 2. The fourth-order valence-electron chi connectivity index (χ4n) is 2.38. The highest BCUT2D eigenvalue weighted by molar-refractivity contribution is 6.62. The zero-order valence-corrected chi connectivity index (χ0v) is 16.6. The van der Waals surface area contributed by atoms with E-state index in [9.17, 15) is 28.4 Å². The van der Waals surface area contributed by atoms with Crippen molar-refractivity contribution in [2.24, 2.45) is 5.10 Å². The summed E-state index contributed by atoms with van der Waals surface area (Å²) in [6.07, 6.45) is 4.47. The standard InChI is InChI=1S/C18H20FN5O7/c1-2-30-16(27)14(22-23-15-11(19)10-20-18(29)21-15)17(28)31-9-5-3-4-8-24-12(25)6-7-13(24)26/h6-7,10H,2-5,8-9H2,1H3,(H2,20,21,23,29)/b22-14+. The Morgan fingerprint density at radius 3 is 2.48 bits per heavy atom. The Hall–Kier alpha value is -3.90. The van der Waals surface area contributed by atoms with Gasteiger partial charge in [0.25, 0.3) is 17.5 Å². The molecule has 2 amide bonds. The summed E-state index contributed by atoms with van der Waals surface area (Å²) in [5.74, 6) is -4.43. The molecule has 1 aliphatic rings. The van der Waals surface area contributed by atoms with Crippen LogP contribution in [0.1, 0.15) is 26.2 Å². The van der Waals surface area contributed by atoms with E-state index in [-0.39, 0.29) is 31.6 Å². The predicted octanol–water partition coefficient (Wildman–Crippen LogP) is -0.122. The molecule has 0 atom stereocenters. The maximum atomic E-state index is 13.6. The van der Waals surface area contributed by atoms with Crippen LogP contribution >= 0.6 is 0 Å². The van der Waals surface area contributed by atoms with E-state index in [1.807, 2.05) is 4.98 Å². The normalized spacial score (nSPS) is 13.5. The van der Waals surface area contributed by atoms with Crippen LogP contribution in [0.5, 0.6) is 0 Å². The molecule has 0 saturated heterocycles. The maximum absolute atomic E-state index is 13.6. The number of unbranched alkanes of at least 4 members (excludes halogenated alkanes) is 2. The molecule has 1 aliphatic heterocycles. The molecule has 166 valence electrons. The average molecular weight is 437 g/mol. The van der Waals surface area contributed by atoms with E-state index < -0.39 is 35.0 Å². The number of hydrogen-bond acceptors (Lipinski definition) is 10. The number of carbonyl (C=O) groups is 4. The Labute approximate surface area is 175 Å². The molecule has 2 N–H and O–H groups in total. The number of nitrogens with zero attached hydrogens (tertiary/aromatic N) is 3. The lowest BCUT2D eigenvalue weighted by Crippen LogP contribution is -2.31. The molecule has 0 radical (unpaired) electrons. The third-order valence-corrected chi connectivity index (χ3v) is 3.87. The van der Waals surface area contributed by atoms with E-state index in [1.165, 1.54) is 19.1 Å². The molecule has 2 heterocycles. The van der Waals surface area contributed by atoms with Gasteiger partial charge in [-0.05, 0) is 26.2 Å². The van der Waals surface area contributed by atoms with Gasteiger partial charge in [0.15, 0.2) is 11.6 Å². The third kappa shape index (κ3) is 6.83. The van der Waals surface area contributed by atoms with Gasteiger partial charge in [0, 0.05) is 18.7 Å². The summed E-state index contributed by atoms with van der Waals surface area (Å²) in [6, 6.07) is 0. The minimum atomic E-state index is -1.11. The quantitative estimate of drug-likeness (QED) is 0.120. The van der Waals surface area contributed by atoms with Gasteiger partial charge in [0.05, 0.1) is 19.4 Å². The number of esters is 2. The molecule has 0 bridgehead atoms. The van der Waals surface area contributed by atoms with E-state index in [2.05, 4.69) is 15.5 Å². The third-order valence-electron chi connectivity index (χ3n) is 3.87. The second-order valence-electron chi connectivity index (χ2n) is 6.06. The fourth-order valence-corrected chi connectivity index (χ4v) is 2.38. The average Bonchev–Trinajstić information content (AvgIpc) is 3.05. The molecule has 0 saturated carbocycles. The van der Waals surface area contributed by atoms with Crippen molar-refractivity contribution < 1.29 is 33.0 Å². The molecule has 13 heteroatoms. The first-order valence-electron chi connectivity index (χ1n) is 9.29. The Morgan fingerprint density at radius 2 is 1.81 bits per heavy atom. The van der Waals surface area contributed by atoms with Crippen LogP contribution < -0.4 is 11.1 Å². The van der Waals surface area contributed by atoms with Crippen molar-refractivity contribution in [1.29, 1.82) is 0 Å². The van der Waals surface area contributed by atoms with Crippen molar-refractivity contribution in [2.75, 3.05) is 25.2 Å². The summed E-state index contributed by atoms with van der Waals surface area (Å²) in [5, 5.41) is 3.49. The predicted molar refractivity (Wildman–Crippen MR) is 103 cm³/mol. The second kappa shape index (κ2) is 11.3. The SMILES string of the molecule is CCOC(=O)/C(=N\Nc1[nH]c(=O)ncc1F)C(=O)OCCCCCN1C(=O)C=CC1=O. The molecule has 0 aliphatic carbocycles. The number of H-pyrrole nitrogens is 1. The number of carbonyl (C=O) groups excluding carboxylic acids is 4. The lowest BCUT2D eigenvalue weighted by atomic mass is 10.2. The highest BCUT2D eigenvalue weighted by Gasteiger charge is 2.25. The molecule has 0 fully saturated rings. The highest BCUT2D eigenvalue weighted by atomic mass is 19.1.